The summed E-state index contributed by atoms with van der Waals surface area (Å²) in [5.41, 5.74) is 3.59. The number of nitrogens with one attached hydrogen (secondary N) is 3. The van der Waals surface area contributed by atoms with E-state index >= 15 is 0 Å². The number of hydrogen-bond donors (Lipinski definition) is 4. The maximum atomic E-state index is 13.6. The van der Waals surface area contributed by atoms with Gasteiger partial charge in [0.15, 0.2) is 0 Å². The molecule has 0 bridgehead atoms. The molecule has 1 heterocycles. The van der Waals surface area contributed by atoms with Gasteiger partial charge in [0.05, 0.1) is 23.6 Å². The SMILES string of the molecule is CCNc1cc(C(=O)N[C@@H](Cc2ccccc2)[C@H](O)CNCCc2ccc(Cl)cc2)cc(N2CCCCS2(=O)=O)c1.Cl. The van der Waals surface area contributed by atoms with Crippen molar-refractivity contribution < 1.29 is 18.3 Å². The zero-order valence-corrected chi connectivity index (χ0v) is 26.1. The zero-order chi connectivity index (χ0) is 29.2. The average Bonchev–Trinajstić information content (AvgIpc) is 2.96. The van der Waals surface area contributed by atoms with Crippen LogP contribution in [-0.4, -0.2) is 63.5 Å². The van der Waals surface area contributed by atoms with E-state index in [1.165, 1.54) is 4.31 Å². The maximum Gasteiger partial charge on any atom is 0.251 e. The summed E-state index contributed by atoms with van der Waals surface area (Å²) in [4.78, 5) is 13.6. The van der Waals surface area contributed by atoms with Crippen LogP contribution in [0, 0.1) is 0 Å². The van der Waals surface area contributed by atoms with Crippen molar-refractivity contribution >= 4 is 51.3 Å². The Hall–Kier alpha value is -2.82. The fourth-order valence-corrected chi connectivity index (χ4v) is 6.70. The molecular formula is C31H40Cl2N4O4S. The first-order chi connectivity index (χ1) is 19.7. The molecule has 228 valence electrons. The van der Waals surface area contributed by atoms with Gasteiger partial charge in [-0.2, -0.15) is 0 Å². The van der Waals surface area contributed by atoms with Gasteiger partial charge in [0, 0.05) is 35.9 Å². The van der Waals surface area contributed by atoms with Gasteiger partial charge in [-0.1, -0.05) is 54.1 Å². The molecule has 4 rings (SSSR count). The molecule has 0 spiro atoms. The molecule has 1 fully saturated rings. The summed E-state index contributed by atoms with van der Waals surface area (Å²) >= 11 is 5.97. The van der Waals surface area contributed by atoms with Crippen LogP contribution >= 0.6 is 24.0 Å². The molecule has 1 aliphatic rings. The minimum atomic E-state index is -3.44. The van der Waals surface area contributed by atoms with Crippen molar-refractivity contribution in [2.45, 2.75) is 44.8 Å². The summed E-state index contributed by atoms with van der Waals surface area (Å²) in [6.07, 6.45) is 1.75. The van der Waals surface area contributed by atoms with Gasteiger partial charge in [-0.25, -0.2) is 8.42 Å². The van der Waals surface area contributed by atoms with Crippen LogP contribution < -0.4 is 20.3 Å². The first-order valence-corrected chi connectivity index (χ1v) is 16.1. The van der Waals surface area contributed by atoms with Crippen LogP contribution in [-0.2, 0) is 22.9 Å². The van der Waals surface area contributed by atoms with E-state index in [0.717, 1.165) is 24.0 Å². The predicted octanol–water partition coefficient (Wildman–Crippen LogP) is 4.66. The molecule has 1 aliphatic heterocycles. The molecule has 3 aromatic rings. The second-order valence-corrected chi connectivity index (χ2v) is 12.8. The summed E-state index contributed by atoms with van der Waals surface area (Å²) in [6, 6.07) is 21.9. The predicted molar refractivity (Wildman–Crippen MR) is 174 cm³/mol. The molecule has 0 aromatic heterocycles. The van der Waals surface area contributed by atoms with E-state index in [-0.39, 0.29) is 24.1 Å². The topological polar surface area (TPSA) is 111 Å². The van der Waals surface area contributed by atoms with Crippen LogP contribution in [0.2, 0.25) is 5.02 Å². The van der Waals surface area contributed by atoms with E-state index in [9.17, 15) is 18.3 Å². The molecule has 0 aliphatic carbocycles. The monoisotopic (exact) mass is 634 g/mol. The number of aliphatic hydroxyl groups excluding tert-OH is 1. The Balaban J connectivity index is 0.00000484. The van der Waals surface area contributed by atoms with Crippen molar-refractivity contribution in [3.63, 3.8) is 0 Å². The molecule has 8 nitrogen and oxygen atoms in total. The fourth-order valence-electron chi connectivity index (χ4n) is 4.95. The molecule has 4 N–H and O–H groups in total. The van der Waals surface area contributed by atoms with Gasteiger partial charge in [-0.3, -0.25) is 9.10 Å². The van der Waals surface area contributed by atoms with Crippen LogP contribution in [0.5, 0.6) is 0 Å². The third-order valence-corrected chi connectivity index (χ3v) is 9.26. The van der Waals surface area contributed by atoms with Gasteiger partial charge in [0.25, 0.3) is 5.91 Å². The summed E-state index contributed by atoms with van der Waals surface area (Å²) < 4.78 is 27.0. The molecule has 1 amide bonds. The summed E-state index contributed by atoms with van der Waals surface area (Å²) in [6.45, 7) is 3.89. The number of carbonyl (C=O) groups is 1. The first kappa shape index (κ1) is 33.7. The number of anilines is 2. The van der Waals surface area contributed by atoms with Gasteiger partial charge in [-0.15, -0.1) is 12.4 Å². The van der Waals surface area contributed by atoms with Crippen molar-refractivity contribution in [3.05, 3.63) is 94.5 Å². The highest BCUT2D eigenvalue weighted by molar-refractivity contribution is 7.92. The highest BCUT2D eigenvalue weighted by Gasteiger charge is 2.28. The average molecular weight is 636 g/mol. The minimum Gasteiger partial charge on any atom is -0.390 e. The van der Waals surface area contributed by atoms with Crippen LogP contribution in [0.15, 0.2) is 72.8 Å². The molecular weight excluding hydrogens is 595 g/mol. The molecule has 0 unspecified atom stereocenters. The fraction of sp³-hybridized carbons (Fsp3) is 0.387. The van der Waals surface area contributed by atoms with Gasteiger partial charge >= 0.3 is 0 Å². The Morgan fingerprint density at radius 1 is 1.02 bits per heavy atom. The number of halogens is 2. The molecule has 2 atom stereocenters. The lowest BCUT2D eigenvalue weighted by atomic mass is 10.00. The van der Waals surface area contributed by atoms with Crippen LogP contribution in [0.1, 0.15) is 41.3 Å². The maximum absolute atomic E-state index is 13.6. The third kappa shape index (κ3) is 9.61. The number of benzene rings is 3. The van der Waals surface area contributed by atoms with Gasteiger partial charge in [0.2, 0.25) is 10.0 Å². The normalized spacial score (nSPS) is 15.7. The number of hydrogen-bond acceptors (Lipinski definition) is 6. The standard InChI is InChI=1S/C31H39ClN4O4S.ClH/c1-2-34-27-19-25(20-28(21-27)36-16-6-7-17-41(36,39)40)31(38)35-29(18-24-8-4-3-5-9-24)30(37)22-33-15-14-23-10-12-26(32)13-11-23;/h3-5,8-13,19-21,29-30,33-34,37H,2,6-7,14-18,22H2,1H3,(H,35,38);1H/t29-,30+;/m0./s1. The van der Waals surface area contributed by atoms with Crippen molar-refractivity contribution in [1.29, 1.82) is 0 Å². The third-order valence-electron chi connectivity index (χ3n) is 7.13. The lowest BCUT2D eigenvalue weighted by Gasteiger charge is -2.29. The minimum absolute atomic E-state index is 0. The van der Waals surface area contributed by atoms with Gasteiger partial charge < -0.3 is 21.1 Å². The lowest BCUT2D eigenvalue weighted by Crippen LogP contribution is -2.49. The number of aliphatic hydroxyl groups is 1. The van der Waals surface area contributed by atoms with Crippen molar-refractivity contribution in [1.82, 2.24) is 10.6 Å². The summed E-state index contributed by atoms with van der Waals surface area (Å²) in [7, 11) is -3.44. The number of amides is 1. The smallest absolute Gasteiger partial charge is 0.251 e. The van der Waals surface area contributed by atoms with Crippen molar-refractivity contribution in [2.75, 3.05) is 41.6 Å². The number of sulfonamides is 1. The van der Waals surface area contributed by atoms with E-state index in [0.29, 0.717) is 61.0 Å². The number of nitrogens with zero attached hydrogens (tertiary/aromatic N) is 1. The molecule has 0 radical (unpaired) electrons. The first-order valence-electron chi connectivity index (χ1n) is 14.1. The van der Waals surface area contributed by atoms with Crippen LogP contribution in [0.3, 0.4) is 0 Å². The van der Waals surface area contributed by atoms with E-state index < -0.39 is 22.2 Å². The van der Waals surface area contributed by atoms with Crippen molar-refractivity contribution in [2.24, 2.45) is 0 Å². The quantitative estimate of drug-likeness (QED) is 0.204. The second-order valence-electron chi connectivity index (χ2n) is 10.3. The largest absolute Gasteiger partial charge is 0.390 e. The van der Waals surface area contributed by atoms with Crippen LogP contribution in [0.25, 0.3) is 0 Å². The Bertz CT molecular complexity index is 1390. The van der Waals surface area contributed by atoms with Crippen LogP contribution in [0.4, 0.5) is 11.4 Å². The highest BCUT2D eigenvalue weighted by atomic mass is 35.5. The molecule has 3 aromatic carbocycles. The number of rotatable bonds is 13. The van der Waals surface area contributed by atoms with E-state index in [1.807, 2.05) is 61.5 Å². The highest BCUT2D eigenvalue weighted by Crippen LogP contribution is 2.28. The molecule has 0 saturated carbocycles. The van der Waals surface area contributed by atoms with E-state index in [4.69, 9.17) is 11.6 Å². The molecule has 42 heavy (non-hydrogen) atoms. The Kier molecular flexibility index (Phi) is 12.9. The van der Waals surface area contributed by atoms with E-state index in [1.54, 1.807) is 18.2 Å². The number of carbonyl (C=O) groups excluding carboxylic acids is 1. The van der Waals surface area contributed by atoms with E-state index in [2.05, 4.69) is 16.0 Å². The summed E-state index contributed by atoms with van der Waals surface area (Å²) in [5, 5.41) is 21.4. The Morgan fingerprint density at radius 3 is 2.45 bits per heavy atom. The molecule has 1 saturated heterocycles. The lowest BCUT2D eigenvalue weighted by molar-refractivity contribution is 0.0831. The van der Waals surface area contributed by atoms with Gasteiger partial charge in [-0.05, 0) is 80.6 Å². The zero-order valence-electron chi connectivity index (χ0n) is 23.8. The second kappa shape index (κ2) is 16.1. The van der Waals surface area contributed by atoms with Gasteiger partial charge in [0.1, 0.15) is 0 Å². The van der Waals surface area contributed by atoms with Crippen molar-refractivity contribution in [3.8, 4) is 0 Å². The summed E-state index contributed by atoms with van der Waals surface area (Å²) in [5.74, 6) is -0.280. The Morgan fingerprint density at radius 2 is 1.76 bits per heavy atom. The Labute approximate surface area is 260 Å². The molecule has 11 heteroatoms.